The lowest BCUT2D eigenvalue weighted by atomic mass is 10.1. The second-order valence-corrected chi connectivity index (χ2v) is 16.1. The largest absolute Gasteiger partial charge is 0.481 e. The number of aromatic nitrogens is 6. The van der Waals surface area contributed by atoms with E-state index in [0.29, 0.717) is 45.6 Å². The summed E-state index contributed by atoms with van der Waals surface area (Å²) in [5.74, 6) is 0.819. The second-order valence-electron chi connectivity index (χ2n) is 16.1. The molecule has 0 saturated carbocycles. The van der Waals surface area contributed by atoms with Crippen LogP contribution in [0, 0.1) is 13.8 Å². The normalized spacial score (nSPS) is 12.1. The summed E-state index contributed by atoms with van der Waals surface area (Å²) in [6, 6.07) is 40.4. The third-order valence-corrected chi connectivity index (χ3v) is 11.7. The standard InChI is InChI=1S/C28H28N4O4.C25H26N4O3/c1-3-35-27(33)15-13-25-12-14-26(21-4-6-22(7-5-21)30-17-16-29-20(30)2)32(25)24-10-8-23(9-11-24)31-18-19-36-28(31)34;1-18-26-14-16-28(18)21-6-2-19(3-7-21)24-12-10-23(11-13-25(31)32)29(24)22-8-4-20(5-9-22)27-15-17-30/h4-12,14,16-17H,3,13,15,18-19H2,1-2H3;2-10,12,14,16,27,30H,11,13,15,17H2,1H3,(H,31,32). The molecular weight excluding hydrogens is 861 g/mol. The monoisotopic (exact) mass is 914 g/mol. The van der Waals surface area contributed by atoms with Crippen molar-refractivity contribution in [2.75, 3.05) is 43.1 Å². The van der Waals surface area contributed by atoms with E-state index in [0.717, 1.165) is 79.7 Å². The molecular formula is C53H54N8O7. The number of amides is 1. The van der Waals surface area contributed by atoms with Crippen molar-refractivity contribution in [1.29, 1.82) is 0 Å². The molecule has 15 heteroatoms. The molecule has 8 aromatic rings. The maximum atomic E-state index is 12.1. The number of hydrogen-bond acceptors (Lipinski definition) is 9. The van der Waals surface area contributed by atoms with Crippen molar-refractivity contribution in [3.05, 3.63) is 169 Å². The molecule has 0 unspecified atom stereocenters. The number of carbonyl (C=O) groups is 3. The molecule has 1 saturated heterocycles. The van der Waals surface area contributed by atoms with Crippen LogP contribution in [-0.4, -0.2) is 89.4 Å². The number of aliphatic hydroxyl groups excluding tert-OH is 1. The van der Waals surface area contributed by atoms with Crippen molar-refractivity contribution in [3.63, 3.8) is 0 Å². The van der Waals surface area contributed by atoms with Gasteiger partial charge in [0.05, 0.1) is 44.0 Å². The Labute approximate surface area is 394 Å². The zero-order valence-electron chi connectivity index (χ0n) is 38.3. The Bertz CT molecular complexity index is 2960. The molecule has 1 fully saturated rings. The maximum absolute atomic E-state index is 12.1. The van der Waals surface area contributed by atoms with Gasteiger partial charge in [-0.1, -0.05) is 24.3 Å². The van der Waals surface area contributed by atoms with Crippen LogP contribution in [0.4, 0.5) is 16.2 Å². The van der Waals surface area contributed by atoms with Gasteiger partial charge in [-0.25, -0.2) is 14.8 Å². The summed E-state index contributed by atoms with van der Waals surface area (Å²) in [5, 5.41) is 21.3. The van der Waals surface area contributed by atoms with Gasteiger partial charge in [-0.2, -0.15) is 0 Å². The molecule has 9 rings (SSSR count). The number of anilines is 2. The summed E-state index contributed by atoms with van der Waals surface area (Å²) in [5.41, 5.74) is 11.7. The smallest absolute Gasteiger partial charge is 0.414 e. The molecule has 1 aliphatic heterocycles. The lowest BCUT2D eigenvalue weighted by molar-refractivity contribution is -0.143. The van der Waals surface area contributed by atoms with Crippen LogP contribution >= 0.6 is 0 Å². The Morgan fingerprint density at radius 2 is 1.15 bits per heavy atom. The molecule has 1 amide bonds. The molecule has 0 aliphatic carbocycles. The number of imidazole rings is 2. The summed E-state index contributed by atoms with van der Waals surface area (Å²) in [6.07, 6.45) is 8.47. The Hall–Kier alpha value is -8.17. The van der Waals surface area contributed by atoms with Gasteiger partial charge in [-0.15, -0.1) is 0 Å². The Balaban J connectivity index is 0.000000185. The first kappa shape index (κ1) is 46.4. The van der Waals surface area contributed by atoms with E-state index < -0.39 is 5.97 Å². The van der Waals surface area contributed by atoms with E-state index in [2.05, 4.69) is 79.0 Å². The number of nitrogens with zero attached hydrogens (tertiary/aromatic N) is 7. The van der Waals surface area contributed by atoms with E-state index in [1.165, 1.54) is 0 Å². The zero-order chi connectivity index (χ0) is 47.6. The molecule has 4 aromatic heterocycles. The zero-order valence-corrected chi connectivity index (χ0v) is 38.3. The molecule has 0 radical (unpaired) electrons. The summed E-state index contributed by atoms with van der Waals surface area (Å²) in [7, 11) is 0. The fraction of sp³-hybridized carbons (Fsp3) is 0.226. The third kappa shape index (κ3) is 10.6. The number of rotatable bonds is 17. The number of hydrogen-bond donors (Lipinski definition) is 3. The number of esters is 1. The number of ether oxygens (including phenoxy) is 2. The van der Waals surface area contributed by atoms with Crippen LogP contribution in [0.5, 0.6) is 0 Å². The molecule has 1 aliphatic rings. The highest BCUT2D eigenvalue weighted by atomic mass is 16.6. The van der Waals surface area contributed by atoms with Crippen molar-refractivity contribution >= 4 is 29.4 Å². The van der Waals surface area contributed by atoms with E-state index in [4.69, 9.17) is 14.6 Å². The molecule has 4 aromatic carbocycles. The fourth-order valence-corrected chi connectivity index (χ4v) is 8.33. The maximum Gasteiger partial charge on any atom is 0.414 e. The Morgan fingerprint density at radius 1 is 0.662 bits per heavy atom. The van der Waals surface area contributed by atoms with Crippen LogP contribution in [0.25, 0.3) is 45.3 Å². The van der Waals surface area contributed by atoms with E-state index in [-0.39, 0.29) is 25.1 Å². The second kappa shape index (κ2) is 21.4. The number of carbonyl (C=O) groups excluding carboxylic acids is 2. The molecule has 348 valence electrons. The quantitative estimate of drug-likeness (QED) is 0.0749. The minimum absolute atomic E-state index is 0.0669. The van der Waals surface area contributed by atoms with E-state index in [9.17, 15) is 19.5 Å². The van der Waals surface area contributed by atoms with Crippen molar-refractivity contribution in [2.24, 2.45) is 0 Å². The van der Waals surface area contributed by atoms with Crippen molar-refractivity contribution in [2.45, 2.75) is 46.5 Å². The predicted octanol–water partition coefficient (Wildman–Crippen LogP) is 9.15. The number of cyclic esters (lactones) is 1. The van der Waals surface area contributed by atoms with Crippen LogP contribution in [0.3, 0.4) is 0 Å². The van der Waals surface area contributed by atoms with Crippen LogP contribution in [0.1, 0.15) is 42.8 Å². The molecule has 0 atom stereocenters. The van der Waals surface area contributed by atoms with Crippen LogP contribution < -0.4 is 10.2 Å². The highest BCUT2D eigenvalue weighted by Crippen LogP contribution is 2.32. The highest BCUT2D eigenvalue weighted by molar-refractivity contribution is 5.89. The molecule has 68 heavy (non-hydrogen) atoms. The van der Waals surface area contributed by atoms with Gasteiger partial charge in [-0.3, -0.25) is 14.5 Å². The lowest BCUT2D eigenvalue weighted by Crippen LogP contribution is -2.23. The van der Waals surface area contributed by atoms with Gasteiger partial charge in [0.2, 0.25) is 0 Å². The minimum Gasteiger partial charge on any atom is -0.481 e. The first-order chi connectivity index (χ1) is 33.1. The summed E-state index contributed by atoms with van der Waals surface area (Å²) in [6.45, 7) is 7.61. The number of nitrogens with one attached hydrogen (secondary N) is 1. The van der Waals surface area contributed by atoms with Crippen molar-refractivity contribution in [3.8, 4) is 45.3 Å². The predicted molar refractivity (Wildman–Crippen MR) is 261 cm³/mol. The van der Waals surface area contributed by atoms with Crippen LogP contribution in [0.2, 0.25) is 0 Å². The lowest BCUT2D eigenvalue weighted by Gasteiger charge is -2.17. The first-order valence-corrected chi connectivity index (χ1v) is 22.6. The van der Waals surface area contributed by atoms with Crippen molar-refractivity contribution in [1.82, 2.24) is 28.2 Å². The van der Waals surface area contributed by atoms with Gasteiger partial charge in [0, 0.05) is 76.8 Å². The average molecular weight is 915 g/mol. The summed E-state index contributed by atoms with van der Waals surface area (Å²) in [4.78, 5) is 45.4. The summed E-state index contributed by atoms with van der Waals surface area (Å²) >= 11 is 0. The SMILES string of the molecule is CCOC(=O)CCc1ccc(-c2ccc(-n3ccnc3C)cc2)n1-c1ccc(N2CCOC2=O)cc1.Cc1nccn1-c1ccc(-c2ccc(CCC(=O)O)n2-c2ccc(NCCO)cc2)cc1. The molecule has 15 nitrogen and oxygen atoms in total. The van der Waals surface area contributed by atoms with E-state index >= 15 is 0 Å². The van der Waals surface area contributed by atoms with Gasteiger partial charge in [0.15, 0.2) is 0 Å². The number of aryl methyl sites for hydroxylation is 4. The number of benzene rings is 4. The van der Waals surface area contributed by atoms with Gasteiger partial charge < -0.3 is 43.3 Å². The number of carboxylic acids is 1. The van der Waals surface area contributed by atoms with Crippen LogP contribution in [-0.2, 0) is 31.9 Å². The van der Waals surface area contributed by atoms with Crippen molar-refractivity contribution < 1.29 is 34.1 Å². The number of aliphatic carboxylic acids is 1. The average Bonchev–Trinajstić information content (AvgIpc) is 4.23. The van der Waals surface area contributed by atoms with E-state index in [1.54, 1.807) is 17.3 Å². The van der Waals surface area contributed by atoms with Gasteiger partial charge in [0.1, 0.15) is 18.3 Å². The van der Waals surface area contributed by atoms with E-state index in [1.807, 2.05) is 109 Å². The van der Waals surface area contributed by atoms with Gasteiger partial charge in [-0.05, 0) is 142 Å². The first-order valence-electron chi connectivity index (χ1n) is 22.6. The highest BCUT2D eigenvalue weighted by Gasteiger charge is 2.24. The number of carboxylic acid groups (broad SMARTS) is 1. The van der Waals surface area contributed by atoms with Gasteiger partial charge in [0.25, 0.3) is 0 Å². The Morgan fingerprint density at radius 3 is 1.59 bits per heavy atom. The number of aliphatic hydroxyl groups is 1. The molecule has 3 N–H and O–H groups in total. The third-order valence-electron chi connectivity index (χ3n) is 11.7. The summed E-state index contributed by atoms with van der Waals surface area (Å²) < 4.78 is 18.5. The minimum atomic E-state index is -0.817. The Kier molecular flexibility index (Phi) is 14.6. The molecule has 0 bridgehead atoms. The fourth-order valence-electron chi connectivity index (χ4n) is 8.33. The van der Waals surface area contributed by atoms with Gasteiger partial charge >= 0.3 is 18.0 Å². The topological polar surface area (TPSA) is 171 Å². The van der Waals surface area contributed by atoms with Crippen LogP contribution in [0.15, 0.2) is 146 Å². The molecule has 0 spiro atoms. The molecule has 5 heterocycles.